The highest BCUT2D eigenvalue weighted by atomic mass is 16.5. The number of benzene rings is 2. The Morgan fingerprint density at radius 3 is 2.45 bits per heavy atom. The zero-order valence-corrected chi connectivity index (χ0v) is 12.3. The molecule has 0 saturated carbocycles. The number of nitriles is 1. The Kier molecular flexibility index (Phi) is 4.60. The first-order valence-electron chi connectivity index (χ1n) is 6.70. The van der Waals surface area contributed by atoms with Crippen molar-refractivity contribution in [2.45, 2.75) is 13.8 Å². The van der Waals surface area contributed by atoms with Gasteiger partial charge in [0.1, 0.15) is 23.1 Å². The number of carboxylic acids is 1. The maximum Gasteiger partial charge on any atom is 0.346 e. The first-order valence-corrected chi connectivity index (χ1v) is 6.70. The molecule has 0 spiro atoms. The van der Waals surface area contributed by atoms with Crippen LogP contribution >= 0.6 is 0 Å². The average Bonchev–Trinajstić information content (AvgIpc) is 2.50. The summed E-state index contributed by atoms with van der Waals surface area (Å²) in [7, 11) is 0. The second kappa shape index (κ2) is 6.59. The largest absolute Gasteiger partial charge is 0.477 e. The molecule has 0 bridgehead atoms. The lowest BCUT2D eigenvalue weighted by Crippen LogP contribution is -1.97. The van der Waals surface area contributed by atoms with Crippen molar-refractivity contribution < 1.29 is 14.6 Å². The number of carboxylic acid groups (broad SMARTS) is 1. The third kappa shape index (κ3) is 3.53. The number of aryl methyl sites for hydroxylation is 1. The molecule has 2 aromatic rings. The summed E-state index contributed by atoms with van der Waals surface area (Å²) in [5.41, 5.74) is 2.55. The van der Waals surface area contributed by atoms with E-state index in [1.807, 2.05) is 32.0 Å². The fourth-order valence-electron chi connectivity index (χ4n) is 1.90. The summed E-state index contributed by atoms with van der Waals surface area (Å²) in [6.45, 7) is 4.01. The van der Waals surface area contributed by atoms with Gasteiger partial charge in [-0.05, 0) is 54.8 Å². The molecule has 0 aromatic heterocycles. The van der Waals surface area contributed by atoms with E-state index in [1.165, 1.54) is 6.08 Å². The van der Waals surface area contributed by atoms with Gasteiger partial charge in [-0.15, -0.1) is 0 Å². The highest BCUT2D eigenvalue weighted by Crippen LogP contribution is 2.27. The molecular weight excluding hydrogens is 278 g/mol. The molecule has 110 valence electrons. The predicted octanol–water partition coefficient (Wildman–Crippen LogP) is 4.09. The molecular formula is C18H15NO3. The van der Waals surface area contributed by atoms with Crippen molar-refractivity contribution in [2.75, 3.05) is 0 Å². The smallest absolute Gasteiger partial charge is 0.346 e. The molecule has 0 aliphatic rings. The van der Waals surface area contributed by atoms with Crippen LogP contribution in [0.2, 0.25) is 0 Å². The summed E-state index contributed by atoms with van der Waals surface area (Å²) in [6.07, 6.45) is 1.32. The summed E-state index contributed by atoms with van der Waals surface area (Å²) in [5, 5.41) is 17.6. The topological polar surface area (TPSA) is 70.3 Å². The molecule has 0 amide bonds. The molecule has 0 heterocycles. The number of hydrogen-bond acceptors (Lipinski definition) is 3. The van der Waals surface area contributed by atoms with Crippen molar-refractivity contribution in [3.8, 4) is 17.6 Å². The fourth-order valence-corrected chi connectivity index (χ4v) is 1.90. The van der Waals surface area contributed by atoms with Crippen molar-refractivity contribution in [1.29, 1.82) is 5.26 Å². The summed E-state index contributed by atoms with van der Waals surface area (Å²) in [6, 6.07) is 14.4. The van der Waals surface area contributed by atoms with E-state index < -0.39 is 5.97 Å². The minimum Gasteiger partial charge on any atom is -0.477 e. The van der Waals surface area contributed by atoms with Crippen LogP contribution in [0, 0.1) is 25.2 Å². The van der Waals surface area contributed by atoms with Crippen LogP contribution in [0.25, 0.3) is 6.08 Å². The van der Waals surface area contributed by atoms with E-state index in [0.717, 1.165) is 16.9 Å². The second-order valence-electron chi connectivity index (χ2n) is 4.84. The van der Waals surface area contributed by atoms with Gasteiger partial charge < -0.3 is 9.84 Å². The van der Waals surface area contributed by atoms with Gasteiger partial charge in [0.2, 0.25) is 0 Å². The van der Waals surface area contributed by atoms with Crippen molar-refractivity contribution >= 4 is 12.0 Å². The Labute approximate surface area is 128 Å². The maximum atomic E-state index is 10.8. The van der Waals surface area contributed by atoms with Gasteiger partial charge in [-0.3, -0.25) is 0 Å². The molecule has 2 aromatic carbocycles. The van der Waals surface area contributed by atoms with Crippen LogP contribution in [0.15, 0.2) is 48.0 Å². The highest BCUT2D eigenvalue weighted by Gasteiger charge is 2.06. The third-order valence-electron chi connectivity index (χ3n) is 3.32. The van der Waals surface area contributed by atoms with E-state index in [9.17, 15) is 4.79 Å². The van der Waals surface area contributed by atoms with Crippen molar-refractivity contribution in [3.05, 3.63) is 64.7 Å². The fraction of sp³-hybridized carbons (Fsp3) is 0.111. The van der Waals surface area contributed by atoms with E-state index in [0.29, 0.717) is 11.3 Å². The molecule has 0 fully saturated rings. The number of carbonyl (C=O) groups is 1. The van der Waals surface area contributed by atoms with Gasteiger partial charge in [0.15, 0.2) is 0 Å². The molecule has 0 atom stereocenters. The molecule has 22 heavy (non-hydrogen) atoms. The summed E-state index contributed by atoms with van der Waals surface area (Å²) in [5.74, 6) is 0.199. The van der Waals surface area contributed by atoms with Crippen molar-refractivity contribution in [3.63, 3.8) is 0 Å². The van der Waals surface area contributed by atoms with E-state index in [4.69, 9.17) is 15.1 Å². The Morgan fingerprint density at radius 2 is 1.86 bits per heavy atom. The van der Waals surface area contributed by atoms with Gasteiger partial charge in [0.05, 0.1) is 0 Å². The first kappa shape index (κ1) is 15.3. The molecule has 0 radical (unpaired) electrons. The van der Waals surface area contributed by atoms with E-state index in [2.05, 4.69) is 0 Å². The summed E-state index contributed by atoms with van der Waals surface area (Å²) in [4.78, 5) is 10.8. The lowest BCUT2D eigenvalue weighted by molar-refractivity contribution is -0.132. The van der Waals surface area contributed by atoms with Gasteiger partial charge in [-0.1, -0.05) is 24.3 Å². The summed E-state index contributed by atoms with van der Waals surface area (Å²) >= 11 is 0. The standard InChI is InChI=1S/C18H15NO3/c1-12-4-3-5-17(13(12)2)22-16-8-6-14(7-9-16)10-15(11-19)18(20)21/h3-10H,1-2H3,(H,20,21). The van der Waals surface area contributed by atoms with Crippen LogP contribution < -0.4 is 4.74 Å². The van der Waals surface area contributed by atoms with Gasteiger partial charge in [0, 0.05) is 0 Å². The molecule has 0 unspecified atom stereocenters. The monoisotopic (exact) mass is 293 g/mol. The summed E-state index contributed by atoms with van der Waals surface area (Å²) < 4.78 is 5.82. The molecule has 2 rings (SSSR count). The third-order valence-corrected chi connectivity index (χ3v) is 3.32. The Balaban J connectivity index is 2.21. The number of rotatable bonds is 4. The Bertz CT molecular complexity index is 768. The molecule has 4 heteroatoms. The lowest BCUT2D eigenvalue weighted by Gasteiger charge is -2.10. The first-order chi connectivity index (χ1) is 10.5. The molecule has 0 aliphatic heterocycles. The molecule has 0 aliphatic carbocycles. The highest BCUT2D eigenvalue weighted by molar-refractivity contribution is 5.96. The van der Waals surface area contributed by atoms with Crippen molar-refractivity contribution in [1.82, 2.24) is 0 Å². The quantitative estimate of drug-likeness (QED) is 0.681. The van der Waals surface area contributed by atoms with E-state index in [1.54, 1.807) is 30.3 Å². The minimum absolute atomic E-state index is 0.303. The minimum atomic E-state index is -1.24. The van der Waals surface area contributed by atoms with E-state index >= 15 is 0 Å². The van der Waals surface area contributed by atoms with E-state index in [-0.39, 0.29) is 5.57 Å². The molecule has 0 saturated heterocycles. The van der Waals surface area contributed by atoms with Crippen LogP contribution in [0.1, 0.15) is 16.7 Å². The zero-order chi connectivity index (χ0) is 16.1. The number of hydrogen-bond donors (Lipinski definition) is 1. The van der Waals surface area contributed by atoms with Crippen LogP contribution in [-0.4, -0.2) is 11.1 Å². The normalized spacial score (nSPS) is 10.9. The van der Waals surface area contributed by atoms with Crippen LogP contribution in [0.3, 0.4) is 0 Å². The van der Waals surface area contributed by atoms with Crippen LogP contribution in [0.5, 0.6) is 11.5 Å². The Morgan fingerprint density at radius 1 is 1.18 bits per heavy atom. The molecule has 4 nitrogen and oxygen atoms in total. The number of ether oxygens (including phenoxy) is 1. The van der Waals surface area contributed by atoms with Crippen molar-refractivity contribution in [2.24, 2.45) is 0 Å². The van der Waals surface area contributed by atoms with Gasteiger partial charge in [-0.2, -0.15) is 5.26 Å². The molecule has 1 N–H and O–H groups in total. The van der Waals surface area contributed by atoms with Gasteiger partial charge in [0.25, 0.3) is 0 Å². The van der Waals surface area contributed by atoms with Gasteiger partial charge in [-0.25, -0.2) is 4.79 Å². The maximum absolute atomic E-state index is 10.8. The SMILES string of the molecule is Cc1cccc(Oc2ccc(C=C(C#N)C(=O)O)cc2)c1C. The average molecular weight is 293 g/mol. The van der Waals surface area contributed by atoms with Crippen LogP contribution in [0.4, 0.5) is 0 Å². The number of aliphatic carboxylic acids is 1. The second-order valence-corrected chi connectivity index (χ2v) is 4.84. The van der Waals surface area contributed by atoms with Gasteiger partial charge >= 0.3 is 5.97 Å². The van der Waals surface area contributed by atoms with Crippen LogP contribution in [-0.2, 0) is 4.79 Å². The lowest BCUT2D eigenvalue weighted by atomic mass is 10.1. The zero-order valence-electron chi connectivity index (χ0n) is 12.3. The number of nitrogens with zero attached hydrogens (tertiary/aromatic N) is 1. The Hall–Kier alpha value is -3.06. The predicted molar refractivity (Wildman–Crippen MR) is 83.7 cm³/mol.